The molecule has 0 aromatic heterocycles. The summed E-state index contributed by atoms with van der Waals surface area (Å²) in [6.45, 7) is 8.49. The Bertz CT molecular complexity index is 204. The van der Waals surface area contributed by atoms with Gasteiger partial charge in [0.15, 0.2) is 0 Å². The molecule has 1 rings (SSSR count). The molecule has 14 heavy (non-hydrogen) atoms. The quantitative estimate of drug-likeness (QED) is 0.608. The number of carbonyl (C=O) groups excluding carboxylic acids is 1. The molecule has 0 saturated heterocycles. The van der Waals surface area contributed by atoms with Crippen LogP contribution >= 0.6 is 0 Å². The van der Waals surface area contributed by atoms with Gasteiger partial charge in [0.05, 0.1) is 0 Å². The third-order valence-corrected chi connectivity index (χ3v) is 3.55. The monoisotopic (exact) mass is 197 g/mol. The van der Waals surface area contributed by atoms with Gasteiger partial charge in [0.1, 0.15) is 6.29 Å². The molecule has 0 aliphatic heterocycles. The van der Waals surface area contributed by atoms with Crippen molar-refractivity contribution >= 4 is 6.29 Å². The van der Waals surface area contributed by atoms with Crippen LogP contribution in [-0.2, 0) is 4.79 Å². The second kappa shape index (κ2) is 4.43. The van der Waals surface area contributed by atoms with Crippen LogP contribution in [0.3, 0.4) is 0 Å². The molecule has 0 heterocycles. The van der Waals surface area contributed by atoms with Gasteiger partial charge in [-0.3, -0.25) is 0 Å². The molecule has 0 aromatic carbocycles. The van der Waals surface area contributed by atoms with E-state index < -0.39 is 0 Å². The van der Waals surface area contributed by atoms with Gasteiger partial charge in [0, 0.05) is 18.5 Å². The number of hydrogen-bond donors (Lipinski definition) is 0. The Morgan fingerprint density at radius 2 is 2.14 bits per heavy atom. The molecule has 0 bridgehead atoms. The van der Waals surface area contributed by atoms with Crippen LogP contribution in [0.4, 0.5) is 0 Å². The first-order valence-corrected chi connectivity index (χ1v) is 5.65. The molecule has 1 saturated carbocycles. The normalized spacial score (nSPS) is 30.1. The van der Waals surface area contributed by atoms with E-state index in [0.717, 1.165) is 37.6 Å². The third kappa shape index (κ3) is 3.09. The number of rotatable bonds is 6. The second-order valence-corrected chi connectivity index (χ2v) is 5.30. The van der Waals surface area contributed by atoms with Crippen molar-refractivity contribution in [2.45, 2.75) is 33.6 Å². The molecule has 0 radical (unpaired) electrons. The Kier molecular flexibility index (Phi) is 3.71. The van der Waals surface area contributed by atoms with Crippen LogP contribution in [0.1, 0.15) is 33.6 Å². The summed E-state index contributed by atoms with van der Waals surface area (Å²) in [7, 11) is 2.13. The van der Waals surface area contributed by atoms with Crippen molar-refractivity contribution in [3.8, 4) is 0 Å². The summed E-state index contributed by atoms with van der Waals surface area (Å²) in [6.07, 6.45) is 3.41. The van der Waals surface area contributed by atoms with Gasteiger partial charge >= 0.3 is 0 Å². The fraction of sp³-hybridized carbons (Fsp3) is 0.917. The zero-order valence-corrected chi connectivity index (χ0v) is 9.92. The van der Waals surface area contributed by atoms with Crippen LogP contribution in [0.2, 0.25) is 0 Å². The van der Waals surface area contributed by atoms with Crippen molar-refractivity contribution in [2.75, 3.05) is 20.1 Å². The fourth-order valence-electron chi connectivity index (χ4n) is 1.97. The summed E-state index contributed by atoms with van der Waals surface area (Å²) in [5, 5.41) is 0. The van der Waals surface area contributed by atoms with Crippen molar-refractivity contribution in [3.63, 3.8) is 0 Å². The number of nitrogens with zero attached hydrogens (tertiary/aromatic N) is 1. The molecule has 82 valence electrons. The maximum Gasteiger partial charge on any atom is 0.127 e. The molecule has 0 aromatic rings. The van der Waals surface area contributed by atoms with Gasteiger partial charge in [0.25, 0.3) is 0 Å². The van der Waals surface area contributed by atoms with Gasteiger partial charge in [-0.1, -0.05) is 20.8 Å². The summed E-state index contributed by atoms with van der Waals surface area (Å²) in [5.41, 5.74) is -0.146. The third-order valence-electron chi connectivity index (χ3n) is 3.55. The van der Waals surface area contributed by atoms with Crippen molar-refractivity contribution in [1.82, 2.24) is 4.90 Å². The predicted molar refractivity (Wildman–Crippen MR) is 59.2 cm³/mol. The highest BCUT2D eigenvalue weighted by Gasteiger charge is 2.34. The summed E-state index contributed by atoms with van der Waals surface area (Å²) in [4.78, 5) is 13.2. The smallest absolute Gasteiger partial charge is 0.127 e. The Balaban J connectivity index is 2.31. The van der Waals surface area contributed by atoms with Crippen molar-refractivity contribution < 1.29 is 4.79 Å². The molecular weight excluding hydrogens is 174 g/mol. The molecule has 3 atom stereocenters. The lowest BCUT2D eigenvalue weighted by atomic mass is 9.89. The first kappa shape index (κ1) is 11.7. The summed E-state index contributed by atoms with van der Waals surface area (Å²) in [5.74, 6) is 1.79. The van der Waals surface area contributed by atoms with E-state index in [0.29, 0.717) is 0 Å². The van der Waals surface area contributed by atoms with Crippen LogP contribution in [0.5, 0.6) is 0 Å². The Morgan fingerprint density at radius 1 is 1.57 bits per heavy atom. The van der Waals surface area contributed by atoms with Crippen LogP contribution in [0.25, 0.3) is 0 Å². The van der Waals surface area contributed by atoms with Gasteiger partial charge in [-0.2, -0.15) is 0 Å². The molecular formula is C12H23NO. The average molecular weight is 197 g/mol. The van der Waals surface area contributed by atoms with Crippen LogP contribution in [0, 0.1) is 17.3 Å². The van der Waals surface area contributed by atoms with E-state index in [9.17, 15) is 4.79 Å². The van der Waals surface area contributed by atoms with E-state index in [1.165, 1.54) is 6.42 Å². The lowest BCUT2D eigenvalue weighted by molar-refractivity contribution is -0.116. The van der Waals surface area contributed by atoms with Crippen molar-refractivity contribution in [1.29, 1.82) is 0 Å². The predicted octanol–water partition coefficient (Wildman–Crippen LogP) is 2.19. The molecule has 0 N–H and O–H groups in total. The van der Waals surface area contributed by atoms with E-state index in [1.54, 1.807) is 0 Å². The number of aldehydes is 1. The summed E-state index contributed by atoms with van der Waals surface area (Å²) >= 11 is 0. The average Bonchev–Trinajstić information content (AvgIpc) is 2.81. The first-order chi connectivity index (χ1) is 6.50. The van der Waals surface area contributed by atoms with Crippen LogP contribution in [0.15, 0.2) is 0 Å². The first-order valence-electron chi connectivity index (χ1n) is 5.65. The molecule has 3 unspecified atom stereocenters. The molecule has 2 heteroatoms. The highest BCUT2D eigenvalue weighted by atomic mass is 16.1. The van der Waals surface area contributed by atoms with Gasteiger partial charge in [-0.05, 0) is 31.7 Å². The minimum absolute atomic E-state index is 0.146. The largest absolute Gasteiger partial charge is 0.305 e. The van der Waals surface area contributed by atoms with Crippen molar-refractivity contribution in [2.24, 2.45) is 17.3 Å². The van der Waals surface area contributed by atoms with Crippen LogP contribution in [-0.4, -0.2) is 31.3 Å². The highest BCUT2D eigenvalue weighted by molar-refractivity contribution is 5.58. The summed E-state index contributed by atoms with van der Waals surface area (Å²) in [6, 6.07) is 0. The summed E-state index contributed by atoms with van der Waals surface area (Å²) < 4.78 is 0. The highest BCUT2D eigenvalue weighted by Crippen LogP contribution is 2.38. The van der Waals surface area contributed by atoms with Gasteiger partial charge in [-0.25, -0.2) is 0 Å². The topological polar surface area (TPSA) is 20.3 Å². The molecule has 0 spiro atoms. The van der Waals surface area contributed by atoms with E-state index in [-0.39, 0.29) is 5.41 Å². The molecule has 2 nitrogen and oxygen atoms in total. The Labute approximate surface area is 87.7 Å². The van der Waals surface area contributed by atoms with E-state index in [4.69, 9.17) is 0 Å². The Morgan fingerprint density at radius 3 is 2.50 bits per heavy atom. The zero-order valence-electron chi connectivity index (χ0n) is 9.92. The minimum Gasteiger partial charge on any atom is -0.305 e. The standard InChI is InChI=1S/C12H23NO/c1-5-12(3,9-14)8-13(4)7-11-6-10(11)2/h9-11H,5-8H2,1-4H3. The zero-order chi connectivity index (χ0) is 10.8. The maximum atomic E-state index is 10.9. The lowest BCUT2D eigenvalue weighted by Crippen LogP contribution is -2.35. The number of carbonyl (C=O) groups is 1. The molecule has 0 amide bonds. The second-order valence-electron chi connectivity index (χ2n) is 5.30. The molecule has 1 aliphatic carbocycles. The van der Waals surface area contributed by atoms with Gasteiger partial charge in [0.2, 0.25) is 0 Å². The fourth-order valence-corrected chi connectivity index (χ4v) is 1.97. The maximum absolute atomic E-state index is 10.9. The Hall–Kier alpha value is -0.370. The van der Waals surface area contributed by atoms with Crippen LogP contribution < -0.4 is 0 Å². The van der Waals surface area contributed by atoms with Gasteiger partial charge in [-0.15, -0.1) is 0 Å². The van der Waals surface area contributed by atoms with E-state index >= 15 is 0 Å². The molecule has 1 fully saturated rings. The van der Waals surface area contributed by atoms with E-state index in [1.807, 2.05) is 6.92 Å². The molecule has 1 aliphatic rings. The SMILES string of the molecule is CCC(C)(C=O)CN(C)CC1CC1C. The number of hydrogen-bond acceptors (Lipinski definition) is 2. The minimum atomic E-state index is -0.146. The van der Waals surface area contributed by atoms with E-state index in [2.05, 4.69) is 25.8 Å². The van der Waals surface area contributed by atoms with Crippen molar-refractivity contribution in [3.05, 3.63) is 0 Å². The lowest BCUT2D eigenvalue weighted by Gasteiger charge is -2.27. The van der Waals surface area contributed by atoms with Gasteiger partial charge < -0.3 is 9.69 Å².